The molecule has 0 amide bonds. The Hall–Kier alpha value is -0.800. The second-order valence-corrected chi connectivity index (χ2v) is 5.10. The molecular formula is C12H15Cl2NO2. The summed E-state index contributed by atoms with van der Waals surface area (Å²) in [6, 6.07) is 3.16. The van der Waals surface area contributed by atoms with Crippen LogP contribution in [0.3, 0.4) is 0 Å². The first-order valence-corrected chi connectivity index (χ1v) is 6.28. The summed E-state index contributed by atoms with van der Waals surface area (Å²) in [5.41, 5.74) is 1.78. The highest BCUT2D eigenvalue weighted by Crippen LogP contribution is 2.34. The quantitative estimate of drug-likeness (QED) is 0.455. The topological polar surface area (TPSA) is 43.1 Å². The molecule has 5 heteroatoms. The van der Waals surface area contributed by atoms with E-state index >= 15 is 0 Å². The summed E-state index contributed by atoms with van der Waals surface area (Å²) in [7, 11) is 0. The van der Waals surface area contributed by atoms with Gasteiger partial charge in [0.15, 0.2) is 0 Å². The molecule has 0 aromatic heterocycles. The van der Waals surface area contributed by atoms with E-state index in [4.69, 9.17) is 23.2 Å². The molecule has 2 atom stereocenters. The van der Waals surface area contributed by atoms with Gasteiger partial charge in [-0.1, -0.05) is 25.4 Å². The Morgan fingerprint density at radius 3 is 2.53 bits per heavy atom. The molecule has 0 bridgehead atoms. The van der Waals surface area contributed by atoms with Crippen molar-refractivity contribution in [3.63, 3.8) is 0 Å². The third kappa shape index (κ3) is 3.11. The monoisotopic (exact) mass is 275 g/mol. The number of rotatable bonds is 4. The zero-order chi connectivity index (χ0) is 13.2. The van der Waals surface area contributed by atoms with Crippen molar-refractivity contribution in [2.75, 3.05) is 0 Å². The Morgan fingerprint density at radius 1 is 1.47 bits per heavy atom. The maximum Gasteiger partial charge on any atom is 0.288 e. The van der Waals surface area contributed by atoms with Gasteiger partial charge >= 0.3 is 0 Å². The summed E-state index contributed by atoms with van der Waals surface area (Å²) in [6.07, 6.45) is 0.844. The number of nitrogens with zero attached hydrogens (tertiary/aromatic N) is 1. The molecule has 0 aliphatic rings. The van der Waals surface area contributed by atoms with Gasteiger partial charge in [-0.05, 0) is 36.5 Å². The summed E-state index contributed by atoms with van der Waals surface area (Å²) >= 11 is 12.1. The Labute approximate surface area is 111 Å². The highest BCUT2D eigenvalue weighted by molar-refractivity contribution is 6.32. The molecule has 0 N–H and O–H groups in total. The first-order valence-electron chi connectivity index (χ1n) is 5.47. The molecule has 17 heavy (non-hydrogen) atoms. The van der Waals surface area contributed by atoms with E-state index < -0.39 is 4.92 Å². The zero-order valence-corrected chi connectivity index (χ0v) is 11.5. The Balaban J connectivity index is 3.20. The van der Waals surface area contributed by atoms with Crippen LogP contribution < -0.4 is 0 Å². The van der Waals surface area contributed by atoms with Gasteiger partial charge in [-0.25, -0.2) is 0 Å². The van der Waals surface area contributed by atoms with Crippen LogP contribution in [0.4, 0.5) is 5.69 Å². The molecular weight excluding hydrogens is 261 g/mol. The number of benzene rings is 1. The summed E-state index contributed by atoms with van der Waals surface area (Å²) in [6.45, 7) is 5.86. The van der Waals surface area contributed by atoms with Gasteiger partial charge in [0.25, 0.3) is 5.69 Å². The van der Waals surface area contributed by atoms with Crippen LogP contribution in [0.15, 0.2) is 12.1 Å². The summed E-state index contributed by atoms with van der Waals surface area (Å²) in [5, 5.41) is 10.9. The lowest BCUT2D eigenvalue weighted by molar-refractivity contribution is -0.384. The molecule has 1 aromatic rings. The lowest BCUT2D eigenvalue weighted by Gasteiger charge is -2.19. The van der Waals surface area contributed by atoms with Gasteiger partial charge in [0.2, 0.25) is 0 Å². The predicted octanol–water partition coefficient (Wildman–Crippen LogP) is 4.68. The zero-order valence-electron chi connectivity index (χ0n) is 10.0. The van der Waals surface area contributed by atoms with Gasteiger partial charge in [-0.2, -0.15) is 0 Å². The molecule has 0 heterocycles. The van der Waals surface area contributed by atoms with E-state index in [1.807, 2.05) is 20.8 Å². The minimum absolute atomic E-state index is 0.00576. The molecule has 0 saturated carbocycles. The largest absolute Gasteiger partial charge is 0.288 e. The molecule has 0 fully saturated rings. The van der Waals surface area contributed by atoms with E-state index in [1.54, 1.807) is 6.07 Å². The Bertz CT molecular complexity index is 435. The highest BCUT2D eigenvalue weighted by atomic mass is 35.5. The lowest BCUT2D eigenvalue weighted by Crippen LogP contribution is -2.10. The van der Waals surface area contributed by atoms with Crippen molar-refractivity contribution in [2.24, 2.45) is 0 Å². The number of halogens is 2. The van der Waals surface area contributed by atoms with E-state index in [2.05, 4.69) is 0 Å². The standard InChI is InChI=1S/C12H15Cl2NO2/c1-4-10(13)8(3)9-6-11(14)12(15(16)17)5-7(9)2/h5-6,8,10H,4H2,1-3H3. The van der Waals surface area contributed by atoms with Crippen LogP contribution in [-0.2, 0) is 0 Å². The maximum absolute atomic E-state index is 10.7. The third-order valence-corrected chi connectivity index (χ3v) is 3.94. The molecule has 94 valence electrons. The second-order valence-electron chi connectivity index (χ2n) is 4.13. The first kappa shape index (κ1) is 14.3. The van der Waals surface area contributed by atoms with Crippen LogP contribution in [0.2, 0.25) is 5.02 Å². The van der Waals surface area contributed by atoms with Crippen molar-refractivity contribution < 1.29 is 4.92 Å². The average Bonchev–Trinajstić information content (AvgIpc) is 2.29. The van der Waals surface area contributed by atoms with Crippen LogP contribution >= 0.6 is 23.2 Å². The van der Waals surface area contributed by atoms with Crippen LogP contribution in [0.5, 0.6) is 0 Å². The summed E-state index contributed by atoms with van der Waals surface area (Å²) in [4.78, 5) is 10.3. The molecule has 1 aromatic carbocycles. The van der Waals surface area contributed by atoms with Gasteiger partial charge in [-0.3, -0.25) is 10.1 Å². The summed E-state index contributed by atoms with van der Waals surface area (Å²) in [5.74, 6) is 0.125. The Morgan fingerprint density at radius 2 is 2.06 bits per heavy atom. The minimum atomic E-state index is -0.470. The van der Waals surface area contributed by atoms with E-state index in [0.29, 0.717) is 0 Å². The third-order valence-electron chi connectivity index (χ3n) is 2.96. The second kappa shape index (κ2) is 5.69. The van der Waals surface area contributed by atoms with Crippen LogP contribution in [0.25, 0.3) is 0 Å². The molecule has 1 rings (SSSR count). The van der Waals surface area contributed by atoms with E-state index in [1.165, 1.54) is 6.07 Å². The normalized spacial score (nSPS) is 14.4. The van der Waals surface area contributed by atoms with Crippen molar-refractivity contribution in [1.82, 2.24) is 0 Å². The van der Waals surface area contributed by atoms with Gasteiger partial charge in [-0.15, -0.1) is 11.6 Å². The SMILES string of the molecule is CCC(Cl)C(C)c1cc(Cl)c([N+](=O)[O-])cc1C. The first-order chi connectivity index (χ1) is 7.88. The van der Waals surface area contributed by atoms with E-state index in [-0.39, 0.29) is 22.0 Å². The van der Waals surface area contributed by atoms with Gasteiger partial charge in [0, 0.05) is 11.4 Å². The number of nitro groups is 1. The van der Waals surface area contributed by atoms with Gasteiger partial charge < -0.3 is 0 Å². The molecule has 0 aliphatic carbocycles. The maximum atomic E-state index is 10.7. The molecule has 2 unspecified atom stereocenters. The highest BCUT2D eigenvalue weighted by Gasteiger charge is 2.21. The fraction of sp³-hybridized carbons (Fsp3) is 0.500. The van der Waals surface area contributed by atoms with Gasteiger partial charge in [0.1, 0.15) is 5.02 Å². The number of aryl methyl sites for hydroxylation is 1. The number of hydrogen-bond donors (Lipinski definition) is 0. The molecule has 3 nitrogen and oxygen atoms in total. The van der Waals surface area contributed by atoms with Crippen molar-refractivity contribution in [2.45, 2.75) is 38.5 Å². The van der Waals surface area contributed by atoms with Gasteiger partial charge in [0.05, 0.1) is 4.92 Å². The average molecular weight is 276 g/mol. The van der Waals surface area contributed by atoms with Crippen molar-refractivity contribution in [1.29, 1.82) is 0 Å². The molecule has 0 saturated heterocycles. The number of hydrogen-bond acceptors (Lipinski definition) is 2. The van der Waals surface area contributed by atoms with E-state index in [0.717, 1.165) is 17.5 Å². The number of alkyl halides is 1. The van der Waals surface area contributed by atoms with Crippen LogP contribution in [0, 0.1) is 17.0 Å². The van der Waals surface area contributed by atoms with E-state index in [9.17, 15) is 10.1 Å². The van der Waals surface area contributed by atoms with Crippen molar-refractivity contribution in [3.8, 4) is 0 Å². The molecule has 0 spiro atoms. The lowest BCUT2D eigenvalue weighted by atomic mass is 9.92. The molecule has 0 radical (unpaired) electrons. The minimum Gasteiger partial charge on any atom is -0.258 e. The van der Waals surface area contributed by atoms with Crippen LogP contribution in [0.1, 0.15) is 37.3 Å². The molecule has 0 aliphatic heterocycles. The fourth-order valence-corrected chi connectivity index (χ4v) is 2.24. The predicted molar refractivity (Wildman–Crippen MR) is 71.2 cm³/mol. The smallest absolute Gasteiger partial charge is 0.258 e. The van der Waals surface area contributed by atoms with Crippen molar-refractivity contribution in [3.05, 3.63) is 38.4 Å². The summed E-state index contributed by atoms with van der Waals surface area (Å²) < 4.78 is 0. The number of nitro benzene ring substituents is 1. The Kier molecular flexibility index (Phi) is 4.78. The fourth-order valence-electron chi connectivity index (χ4n) is 1.86. The van der Waals surface area contributed by atoms with Crippen molar-refractivity contribution >= 4 is 28.9 Å². The van der Waals surface area contributed by atoms with Crippen LogP contribution in [-0.4, -0.2) is 10.3 Å².